The molecule has 1 heteroatoms. The molecule has 0 N–H and O–H groups in total. The Labute approximate surface area is 80.2 Å². The van der Waals surface area contributed by atoms with E-state index < -0.39 is 0 Å². The molecule has 0 saturated heterocycles. The minimum absolute atomic E-state index is 0.462. The molecule has 2 aliphatic rings. The van der Waals surface area contributed by atoms with Gasteiger partial charge in [-0.3, -0.25) is 4.79 Å². The zero-order chi connectivity index (χ0) is 9.26. The van der Waals surface area contributed by atoms with Crippen LogP contribution in [0, 0.1) is 5.92 Å². The van der Waals surface area contributed by atoms with Crippen LogP contribution in [0.2, 0.25) is 0 Å². The molecule has 72 valence electrons. The van der Waals surface area contributed by atoms with Gasteiger partial charge >= 0.3 is 0 Å². The van der Waals surface area contributed by atoms with Gasteiger partial charge in [0.1, 0.15) is 0 Å². The predicted molar refractivity (Wildman–Crippen MR) is 53.5 cm³/mol. The molecule has 0 aromatic heterocycles. The molecule has 0 radical (unpaired) electrons. The lowest BCUT2D eigenvalue weighted by Gasteiger charge is -2.20. The van der Waals surface area contributed by atoms with Gasteiger partial charge in [-0.2, -0.15) is 0 Å². The van der Waals surface area contributed by atoms with Gasteiger partial charge < -0.3 is 0 Å². The molecule has 0 aliphatic heterocycles. The van der Waals surface area contributed by atoms with Crippen molar-refractivity contribution in [1.82, 2.24) is 0 Å². The summed E-state index contributed by atoms with van der Waals surface area (Å²) in [5, 5.41) is 0. The van der Waals surface area contributed by atoms with E-state index in [1.807, 2.05) is 0 Å². The number of hydrogen-bond acceptors (Lipinski definition) is 1. The van der Waals surface area contributed by atoms with E-state index in [2.05, 4.69) is 6.92 Å². The molecule has 0 aromatic rings. The molecule has 0 aromatic carbocycles. The van der Waals surface area contributed by atoms with Crippen LogP contribution in [-0.2, 0) is 4.79 Å². The number of rotatable bonds is 2. The van der Waals surface area contributed by atoms with Crippen LogP contribution >= 0.6 is 0 Å². The fourth-order valence-electron chi connectivity index (χ4n) is 2.78. The zero-order valence-corrected chi connectivity index (χ0v) is 8.44. The summed E-state index contributed by atoms with van der Waals surface area (Å²) in [6.45, 7) is 2.16. The standard InChI is InChI=1S/C12H18O/c1-2-5-11-10-7-4-3-6-9(10)8-12(11)13/h9H,2-8H2,1H3. The second-order valence-electron chi connectivity index (χ2n) is 4.32. The van der Waals surface area contributed by atoms with E-state index in [1.165, 1.54) is 36.8 Å². The quantitative estimate of drug-likeness (QED) is 0.634. The van der Waals surface area contributed by atoms with Crippen molar-refractivity contribution in [1.29, 1.82) is 0 Å². The van der Waals surface area contributed by atoms with Gasteiger partial charge in [0.2, 0.25) is 0 Å². The van der Waals surface area contributed by atoms with Crippen LogP contribution in [0.1, 0.15) is 51.9 Å². The van der Waals surface area contributed by atoms with Crippen molar-refractivity contribution in [2.75, 3.05) is 0 Å². The van der Waals surface area contributed by atoms with E-state index in [9.17, 15) is 4.79 Å². The first-order valence-corrected chi connectivity index (χ1v) is 5.58. The Morgan fingerprint density at radius 3 is 3.00 bits per heavy atom. The van der Waals surface area contributed by atoms with Crippen molar-refractivity contribution in [3.63, 3.8) is 0 Å². The Bertz CT molecular complexity index is 250. The molecular weight excluding hydrogens is 160 g/mol. The summed E-state index contributed by atoms with van der Waals surface area (Å²) in [6, 6.07) is 0. The maximum atomic E-state index is 11.7. The number of fused-ring (bicyclic) bond motifs is 1. The second kappa shape index (κ2) is 3.65. The van der Waals surface area contributed by atoms with Crippen LogP contribution in [0.4, 0.5) is 0 Å². The summed E-state index contributed by atoms with van der Waals surface area (Å²) in [6.07, 6.45) is 8.12. The van der Waals surface area contributed by atoms with E-state index in [0.29, 0.717) is 11.7 Å². The van der Waals surface area contributed by atoms with E-state index in [-0.39, 0.29) is 0 Å². The third-order valence-corrected chi connectivity index (χ3v) is 3.40. The molecule has 1 fully saturated rings. The van der Waals surface area contributed by atoms with Gasteiger partial charge in [-0.1, -0.05) is 25.3 Å². The van der Waals surface area contributed by atoms with Gasteiger partial charge in [0.15, 0.2) is 5.78 Å². The number of hydrogen-bond donors (Lipinski definition) is 0. The van der Waals surface area contributed by atoms with Gasteiger partial charge in [0.25, 0.3) is 0 Å². The first kappa shape index (κ1) is 8.98. The molecule has 1 nitrogen and oxygen atoms in total. The number of carbonyl (C=O) groups excluding carboxylic acids is 1. The Balaban J connectivity index is 2.21. The van der Waals surface area contributed by atoms with Crippen molar-refractivity contribution in [2.45, 2.75) is 51.9 Å². The molecule has 1 saturated carbocycles. The van der Waals surface area contributed by atoms with E-state index in [4.69, 9.17) is 0 Å². The van der Waals surface area contributed by atoms with Crippen LogP contribution < -0.4 is 0 Å². The van der Waals surface area contributed by atoms with Crippen molar-refractivity contribution in [3.8, 4) is 0 Å². The highest BCUT2D eigenvalue weighted by Gasteiger charge is 2.32. The summed E-state index contributed by atoms with van der Waals surface area (Å²) in [5.74, 6) is 1.12. The van der Waals surface area contributed by atoms with Crippen LogP contribution in [-0.4, -0.2) is 5.78 Å². The summed E-state index contributed by atoms with van der Waals surface area (Å²) in [5.41, 5.74) is 2.75. The Morgan fingerprint density at radius 1 is 1.38 bits per heavy atom. The largest absolute Gasteiger partial charge is 0.295 e. The van der Waals surface area contributed by atoms with Crippen LogP contribution in [0.15, 0.2) is 11.1 Å². The lowest BCUT2D eigenvalue weighted by molar-refractivity contribution is -0.115. The number of carbonyl (C=O) groups is 1. The molecule has 2 aliphatic carbocycles. The summed E-state index contributed by atoms with van der Waals surface area (Å²) in [7, 11) is 0. The van der Waals surface area contributed by atoms with Gasteiger partial charge in [-0.25, -0.2) is 0 Å². The van der Waals surface area contributed by atoms with Gasteiger partial charge in [-0.05, 0) is 37.2 Å². The third kappa shape index (κ3) is 1.56. The zero-order valence-electron chi connectivity index (χ0n) is 8.44. The fraction of sp³-hybridized carbons (Fsp3) is 0.750. The maximum Gasteiger partial charge on any atom is 0.159 e. The lowest BCUT2D eigenvalue weighted by Crippen LogP contribution is -2.06. The van der Waals surface area contributed by atoms with Crippen molar-refractivity contribution in [2.24, 2.45) is 5.92 Å². The molecule has 2 rings (SSSR count). The Hall–Kier alpha value is -0.590. The number of allylic oxidation sites excluding steroid dienone is 2. The molecule has 13 heavy (non-hydrogen) atoms. The normalized spacial score (nSPS) is 28.1. The Kier molecular flexibility index (Phi) is 2.52. The Morgan fingerprint density at radius 2 is 2.23 bits per heavy atom. The van der Waals surface area contributed by atoms with E-state index >= 15 is 0 Å². The monoisotopic (exact) mass is 178 g/mol. The van der Waals surface area contributed by atoms with E-state index in [1.54, 1.807) is 0 Å². The summed E-state index contributed by atoms with van der Waals surface area (Å²) >= 11 is 0. The SMILES string of the molecule is CCCC1=C2CCCCC2CC1=O. The molecule has 1 unspecified atom stereocenters. The van der Waals surface area contributed by atoms with Crippen LogP contribution in [0.3, 0.4) is 0 Å². The lowest BCUT2D eigenvalue weighted by atomic mass is 9.85. The molecular formula is C12H18O. The minimum Gasteiger partial charge on any atom is -0.295 e. The van der Waals surface area contributed by atoms with Crippen LogP contribution in [0.25, 0.3) is 0 Å². The van der Waals surface area contributed by atoms with Gasteiger partial charge in [-0.15, -0.1) is 0 Å². The highest BCUT2D eigenvalue weighted by Crippen LogP contribution is 2.41. The third-order valence-electron chi connectivity index (χ3n) is 3.40. The average molecular weight is 178 g/mol. The first-order chi connectivity index (χ1) is 6.33. The summed E-state index contributed by atoms with van der Waals surface area (Å²) < 4.78 is 0. The molecule has 0 spiro atoms. The van der Waals surface area contributed by atoms with Crippen molar-refractivity contribution in [3.05, 3.63) is 11.1 Å². The van der Waals surface area contributed by atoms with Crippen LogP contribution in [0.5, 0.6) is 0 Å². The fourth-order valence-corrected chi connectivity index (χ4v) is 2.78. The van der Waals surface area contributed by atoms with Crippen molar-refractivity contribution >= 4 is 5.78 Å². The van der Waals surface area contributed by atoms with Crippen molar-refractivity contribution < 1.29 is 4.79 Å². The second-order valence-corrected chi connectivity index (χ2v) is 4.32. The molecule has 0 heterocycles. The molecule has 1 atom stereocenters. The highest BCUT2D eigenvalue weighted by molar-refractivity contribution is 5.99. The number of ketones is 1. The maximum absolute atomic E-state index is 11.7. The first-order valence-electron chi connectivity index (χ1n) is 5.58. The summed E-state index contributed by atoms with van der Waals surface area (Å²) in [4.78, 5) is 11.7. The number of Topliss-reactive ketones (excluding diaryl/α,β-unsaturated/α-hetero) is 1. The highest BCUT2D eigenvalue weighted by atomic mass is 16.1. The average Bonchev–Trinajstić information content (AvgIpc) is 2.44. The van der Waals surface area contributed by atoms with Gasteiger partial charge in [0, 0.05) is 6.42 Å². The topological polar surface area (TPSA) is 17.1 Å². The minimum atomic E-state index is 0.462. The smallest absolute Gasteiger partial charge is 0.159 e. The van der Waals surface area contributed by atoms with E-state index in [0.717, 1.165) is 19.3 Å². The predicted octanol–water partition coefficient (Wildman–Crippen LogP) is 3.25. The molecule has 0 amide bonds. The molecule has 0 bridgehead atoms. The van der Waals surface area contributed by atoms with Gasteiger partial charge in [0.05, 0.1) is 0 Å².